The van der Waals surface area contributed by atoms with Crippen molar-refractivity contribution in [2.75, 3.05) is 26.2 Å². The van der Waals surface area contributed by atoms with Gasteiger partial charge in [-0.15, -0.1) is 12.4 Å². The molecule has 1 amide bonds. The average Bonchev–Trinajstić information content (AvgIpc) is 3.10. The van der Waals surface area contributed by atoms with Crippen molar-refractivity contribution in [3.05, 3.63) is 18.5 Å². The first-order valence-electron chi connectivity index (χ1n) is 8.32. The number of halogens is 1. The Bertz CT molecular complexity index is 492. The maximum absolute atomic E-state index is 13.2. The second kappa shape index (κ2) is 7.64. The molecule has 7 heteroatoms. The van der Waals surface area contributed by atoms with Gasteiger partial charge in [-0.1, -0.05) is 0 Å². The molecule has 23 heavy (non-hydrogen) atoms. The quantitative estimate of drug-likeness (QED) is 0.860. The van der Waals surface area contributed by atoms with Gasteiger partial charge in [0.05, 0.1) is 6.10 Å². The molecule has 2 N–H and O–H groups in total. The minimum atomic E-state index is -0.535. The number of likely N-dealkylation sites (tertiary alicyclic amines) is 1. The first kappa shape index (κ1) is 18.2. The summed E-state index contributed by atoms with van der Waals surface area (Å²) >= 11 is 0. The van der Waals surface area contributed by atoms with Crippen molar-refractivity contribution in [1.82, 2.24) is 20.0 Å². The average molecular weight is 343 g/mol. The fourth-order valence-corrected chi connectivity index (χ4v) is 3.78. The fourth-order valence-electron chi connectivity index (χ4n) is 3.78. The van der Waals surface area contributed by atoms with Gasteiger partial charge < -0.3 is 15.3 Å². The molecule has 1 aromatic heterocycles. The number of carbonyl (C=O) groups is 1. The van der Waals surface area contributed by atoms with E-state index < -0.39 is 5.54 Å². The zero-order valence-corrected chi connectivity index (χ0v) is 14.5. The summed E-state index contributed by atoms with van der Waals surface area (Å²) in [5.74, 6) is 0.513. The van der Waals surface area contributed by atoms with Crippen LogP contribution in [0.2, 0.25) is 0 Å². The summed E-state index contributed by atoms with van der Waals surface area (Å²) in [5, 5.41) is 17.4. The van der Waals surface area contributed by atoms with Crippen molar-refractivity contribution >= 4 is 18.3 Å². The molecule has 0 radical (unpaired) electrons. The molecule has 2 aliphatic heterocycles. The highest BCUT2D eigenvalue weighted by Crippen LogP contribution is 2.31. The molecule has 2 aliphatic rings. The lowest BCUT2D eigenvalue weighted by Gasteiger charge is -2.42. The number of aliphatic hydroxyl groups is 1. The third-order valence-electron chi connectivity index (χ3n) is 5.28. The maximum Gasteiger partial charge on any atom is 0.250 e. The fraction of sp³-hybridized carbons (Fsp3) is 0.750. The Morgan fingerprint density at radius 3 is 2.52 bits per heavy atom. The summed E-state index contributed by atoms with van der Waals surface area (Å²) < 4.78 is 1.86. The van der Waals surface area contributed by atoms with Crippen LogP contribution in [0, 0.1) is 5.92 Å². The van der Waals surface area contributed by atoms with E-state index in [2.05, 4.69) is 10.4 Å². The Hall–Kier alpha value is -1.11. The Morgan fingerprint density at radius 1 is 1.35 bits per heavy atom. The van der Waals surface area contributed by atoms with Crippen LogP contribution in [0.4, 0.5) is 0 Å². The number of aliphatic hydroxyl groups excluding tert-OH is 1. The van der Waals surface area contributed by atoms with Crippen LogP contribution in [-0.2, 0) is 10.3 Å². The minimum absolute atomic E-state index is 0. The summed E-state index contributed by atoms with van der Waals surface area (Å²) in [5.41, 5.74) is -0.535. The van der Waals surface area contributed by atoms with Crippen LogP contribution >= 0.6 is 12.4 Å². The van der Waals surface area contributed by atoms with Crippen molar-refractivity contribution in [1.29, 1.82) is 0 Å². The number of amides is 1. The summed E-state index contributed by atoms with van der Waals surface area (Å²) in [6, 6.07) is 1.89. The zero-order valence-electron chi connectivity index (χ0n) is 13.6. The van der Waals surface area contributed by atoms with Crippen molar-refractivity contribution < 1.29 is 9.90 Å². The molecule has 2 saturated heterocycles. The van der Waals surface area contributed by atoms with Gasteiger partial charge in [0, 0.05) is 25.5 Å². The van der Waals surface area contributed by atoms with Gasteiger partial charge in [0.1, 0.15) is 5.54 Å². The SMILES string of the molecule is CC(O)C1CCN(C(=O)C2(n3cccn3)CCNCC2)CC1.Cl. The lowest BCUT2D eigenvalue weighted by Crippen LogP contribution is -2.57. The number of piperidine rings is 2. The lowest BCUT2D eigenvalue weighted by atomic mass is 9.85. The summed E-state index contributed by atoms with van der Waals surface area (Å²) in [6.07, 6.45) is 6.71. The molecule has 3 rings (SSSR count). The van der Waals surface area contributed by atoms with Gasteiger partial charge in [0.25, 0.3) is 5.91 Å². The number of carbonyl (C=O) groups excluding carboxylic acids is 1. The van der Waals surface area contributed by atoms with E-state index in [1.54, 1.807) is 6.20 Å². The Balaban J connectivity index is 0.00000192. The van der Waals surface area contributed by atoms with Gasteiger partial charge in [-0.3, -0.25) is 9.48 Å². The molecular formula is C16H27ClN4O2. The molecule has 0 aliphatic carbocycles. The predicted molar refractivity (Wildman–Crippen MR) is 90.5 cm³/mol. The molecule has 3 heterocycles. The van der Waals surface area contributed by atoms with Crippen LogP contribution < -0.4 is 5.32 Å². The van der Waals surface area contributed by atoms with Crippen LogP contribution in [0.3, 0.4) is 0 Å². The molecule has 0 bridgehead atoms. The van der Waals surface area contributed by atoms with E-state index in [-0.39, 0.29) is 24.4 Å². The summed E-state index contributed by atoms with van der Waals surface area (Å²) in [7, 11) is 0. The van der Waals surface area contributed by atoms with Gasteiger partial charge in [-0.2, -0.15) is 5.10 Å². The highest BCUT2D eigenvalue weighted by Gasteiger charge is 2.45. The molecule has 130 valence electrons. The Labute approximate surface area is 143 Å². The van der Waals surface area contributed by atoms with Gasteiger partial charge in [0.15, 0.2) is 0 Å². The zero-order chi connectivity index (χ0) is 15.6. The predicted octanol–water partition coefficient (Wildman–Crippen LogP) is 1.00. The second-order valence-corrected chi connectivity index (χ2v) is 6.60. The van der Waals surface area contributed by atoms with E-state index in [4.69, 9.17) is 0 Å². The lowest BCUT2D eigenvalue weighted by molar-refractivity contribution is -0.145. The maximum atomic E-state index is 13.2. The molecule has 0 saturated carbocycles. The molecule has 0 spiro atoms. The van der Waals surface area contributed by atoms with Crippen LogP contribution in [0.5, 0.6) is 0 Å². The molecular weight excluding hydrogens is 316 g/mol. The normalized spacial score (nSPS) is 23.1. The smallest absolute Gasteiger partial charge is 0.250 e. The largest absolute Gasteiger partial charge is 0.393 e. The second-order valence-electron chi connectivity index (χ2n) is 6.60. The van der Waals surface area contributed by atoms with E-state index in [1.807, 2.05) is 28.8 Å². The number of aromatic nitrogens is 2. The van der Waals surface area contributed by atoms with Crippen LogP contribution in [-0.4, -0.2) is 58.0 Å². The molecule has 1 unspecified atom stereocenters. The highest BCUT2D eigenvalue weighted by molar-refractivity contribution is 5.85. The van der Waals surface area contributed by atoms with Crippen LogP contribution in [0.15, 0.2) is 18.5 Å². The molecule has 6 nitrogen and oxygen atoms in total. The van der Waals surface area contributed by atoms with Crippen molar-refractivity contribution in [2.24, 2.45) is 5.92 Å². The van der Waals surface area contributed by atoms with Gasteiger partial charge in [-0.05, 0) is 57.7 Å². The molecule has 2 fully saturated rings. The van der Waals surface area contributed by atoms with E-state index in [0.29, 0.717) is 5.92 Å². The van der Waals surface area contributed by atoms with Gasteiger partial charge >= 0.3 is 0 Å². The van der Waals surface area contributed by atoms with Gasteiger partial charge in [0.2, 0.25) is 0 Å². The molecule has 1 atom stereocenters. The third kappa shape index (κ3) is 3.54. The monoisotopic (exact) mass is 342 g/mol. The van der Waals surface area contributed by atoms with E-state index >= 15 is 0 Å². The summed E-state index contributed by atoms with van der Waals surface area (Å²) in [4.78, 5) is 15.2. The number of hydrogen-bond donors (Lipinski definition) is 2. The Kier molecular flexibility index (Phi) is 6.06. The first-order valence-corrected chi connectivity index (χ1v) is 8.32. The van der Waals surface area contributed by atoms with Crippen molar-refractivity contribution in [3.63, 3.8) is 0 Å². The van der Waals surface area contributed by atoms with E-state index in [1.165, 1.54) is 0 Å². The van der Waals surface area contributed by atoms with Crippen molar-refractivity contribution in [2.45, 2.75) is 44.2 Å². The van der Waals surface area contributed by atoms with E-state index in [0.717, 1.165) is 51.9 Å². The topological polar surface area (TPSA) is 70.4 Å². The van der Waals surface area contributed by atoms with Crippen LogP contribution in [0.1, 0.15) is 32.6 Å². The highest BCUT2D eigenvalue weighted by atomic mass is 35.5. The standard InChI is InChI=1S/C16H26N4O2.ClH/c1-13(21)14-3-11-19(12-4-14)15(22)16(5-8-17-9-6-16)20-10-2-7-18-20;/h2,7,10,13-14,17,21H,3-6,8-9,11-12H2,1H3;1H. The number of nitrogens with zero attached hydrogens (tertiary/aromatic N) is 3. The Morgan fingerprint density at radius 2 is 2.00 bits per heavy atom. The number of hydrogen-bond acceptors (Lipinski definition) is 4. The van der Waals surface area contributed by atoms with E-state index in [9.17, 15) is 9.90 Å². The minimum Gasteiger partial charge on any atom is -0.393 e. The van der Waals surface area contributed by atoms with Crippen molar-refractivity contribution in [3.8, 4) is 0 Å². The molecule has 1 aromatic rings. The summed E-state index contributed by atoms with van der Waals surface area (Å²) in [6.45, 7) is 5.02. The first-order chi connectivity index (χ1) is 10.6. The number of nitrogens with one attached hydrogen (secondary N) is 1. The molecule has 0 aromatic carbocycles. The van der Waals surface area contributed by atoms with Crippen LogP contribution in [0.25, 0.3) is 0 Å². The third-order valence-corrected chi connectivity index (χ3v) is 5.28. The number of rotatable bonds is 3. The van der Waals surface area contributed by atoms with Gasteiger partial charge in [-0.25, -0.2) is 0 Å².